The Morgan fingerprint density at radius 1 is 1.31 bits per heavy atom. The molecule has 0 bridgehead atoms. The van der Waals surface area contributed by atoms with Gasteiger partial charge in [0.1, 0.15) is 11.4 Å². The molecule has 3 heterocycles. The first-order valence-electron chi connectivity index (χ1n) is 9.42. The van der Waals surface area contributed by atoms with E-state index in [0.717, 1.165) is 51.6 Å². The van der Waals surface area contributed by atoms with Crippen molar-refractivity contribution in [1.82, 2.24) is 14.5 Å². The van der Waals surface area contributed by atoms with Crippen molar-refractivity contribution in [1.29, 1.82) is 0 Å². The van der Waals surface area contributed by atoms with E-state index in [0.29, 0.717) is 12.5 Å². The van der Waals surface area contributed by atoms with Gasteiger partial charge in [-0.3, -0.25) is 4.90 Å². The van der Waals surface area contributed by atoms with Crippen LogP contribution in [-0.4, -0.2) is 59.5 Å². The Hall–Kier alpha value is -1.89. The molecule has 2 aliphatic heterocycles. The molecule has 0 amide bonds. The van der Waals surface area contributed by atoms with Gasteiger partial charge in [0.05, 0.1) is 26.4 Å². The van der Waals surface area contributed by atoms with Gasteiger partial charge >= 0.3 is 0 Å². The van der Waals surface area contributed by atoms with Gasteiger partial charge in [-0.25, -0.2) is 4.98 Å². The van der Waals surface area contributed by atoms with E-state index < -0.39 is 0 Å². The summed E-state index contributed by atoms with van der Waals surface area (Å²) in [5.41, 5.74) is 0.979. The molecule has 26 heavy (non-hydrogen) atoms. The second-order valence-corrected chi connectivity index (χ2v) is 7.53. The Bertz CT molecular complexity index is 705. The number of nitrogens with zero attached hydrogens (tertiary/aromatic N) is 3. The second kappa shape index (κ2) is 7.78. The van der Waals surface area contributed by atoms with Gasteiger partial charge in [0.2, 0.25) is 0 Å². The minimum Gasteiger partial charge on any atom is -0.385 e. The molecule has 1 aromatic heterocycles. The summed E-state index contributed by atoms with van der Waals surface area (Å²) in [5, 5.41) is 3.53. The zero-order valence-corrected chi connectivity index (χ0v) is 15.4. The highest BCUT2D eigenvalue weighted by Crippen LogP contribution is 2.33. The van der Waals surface area contributed by atoms with E-state index in [1.165, 1.54) is 5.69 Å². The number of para-hydroxylation sites is 1. The maximum Gasteiger partial charge on any atom is 0.122 e. The molecule has 0 saturated carbocycles. The Morgan fingerprint density at radius 3 is 3.00 bits per heavy atom. The number of aromatic nitrogens is 2. The summed E-state index contributed by atoms with van der Waals surface area (Å²) >= 11 is 0. The summed E-state index contributed by atoms with van der Waals surface area (Å²) in [6.07, 6.45) is 4.89. The topological polar surface area (TPSA) is 51.5 Å². The van der Waals surface area contributed by atoms with Crippen LogP contribution in [0.15, 0.2) is 42.7 Å². The minimum absolute atomic E-state index is 0.190. The zero-order valence-electron chi connectivity index (χ0n) is 15.4. The van der Waals surface area contributed by atoms with Crippen molar-refractivity contribution in [3.8, 4) is 0 Å². The van der Waals surface area contributed by atoms with Crippen LogP contribution >= 0.6 is 0 Å². The molecular weight excluding hydrogens is 328 g/mol. The first kappa shape index (κ1) is 17.5. The molecule has 2 saturated heterocycles. The number of benzene rings is 1. The Morgan fingerprint density at radius 2 is 2.19 bits per heavy atom. The fraction of sp³-hybridized carbons (Fsp3) is 0.550. The van der Waals surface area contributed by atoms with Gasteiger partial charge in [0, 0.05) is 50.7 Å². The van der Waals surface area contributed by atoms with Crippen molar-refractivity contribution >= 4 is 5.69 Å². The third-order valence-electron chi connectivity index (χ3n) is 5.37. The molecule has 1 spiro atoms. The van der Waals surface area contributed by atoms with E-state index in [-0.39, 0.29) is 5.60 Å². The minimum atomic E-state index is -0.190. The lowest BCUT2D eigenvalue weighted by atomic mass is 9.94. The molecule has 4 rings (SSSR count). The van der Waals surface area contributed by atoms with Crippen molar-refractivity contribution in [3.63, 3.8) is 0 Å². The molecule has 0 radical (unpaired) electrons. The first-order chi connectivity index (χ1) is 12.7. The van der Waals surface area contributed by atoms with Crippen molar-refractivity contribution in [2.75, 3.05) is 44.8 Å². The molecule has 1 N–H and O–H groups in total. The van der Waals surface area contributed by atoms with Crippen LogP contribution < -0.4 is 5.32 Å². The molecule has 0 aliphatic carbocycles. The molecule has 2 aromatic rings. The van der Waals surface area contributed by atoms with Crippen LogP contribution in [0.1, 0.15) is 12.2 Å². The number of rotatable bonds is 5. The van der Waals surface area contributed by atoms with Gasteiger partial charge in [-0.15, -0.1) is 0 Å². The summed E-state index contributed by atoms with van der Waals surface area (Å²) in [4.78, 5) is 6.88. The number of aryl methyl sites for hydroxylation is 1. The molecule has 1 aromatic carbocycles. The highest BCUT2D eigenvalue weighted by molar-refractivity contribution is 5.42. The molecular formula is C20H28N4O2. The Kier molecular flexibility index (Phi) is 5.24. The summed E-state index contributed by atoms with van der Waals surface area (Å²) < 4.78 is 14.3. The number of nitrogens with one attached hydrogen (secondary N) is 1. The fourth-order valence-electron chi connectivity index (χ4n) is 3.97. The number of ether oxygens (including phenoxy) is 2. The maximum absolute atomic E-state index is 6.31. The zero-order chi connectivity index (χ0) is 17.8. The quantitative estimate of drug-likeness (QED) is 0.890. The van der Waals surface area contributed by atoms with Gasteiger partial charge in [-0.1, -0.05) is 18.2 Å². The molecule has 6 heteroatoms. The largest absolute Gasteiger partial charge is 0.385 e. The van der Waals surface area contributed by atoms with E-state index in [4.69, 9.17) is 9.47 Å². The summed E-state index contributed by atoms with van der Waals surface area (Å²) in [7, 11) is 2.05. The van der Waals surface area contributed by atoms with Crippen molar-refractivity contribution < 1.29 is 9.47 Å². The average molecular weight is 356 g/mol. The van der Waals surface area contributed by atoms with Crippen molar-refractivity contribution in [2.45, 2.75) is 18.6 Å². The molecule has 140 valence electrons. The lowest BCUT2D eigenvalue weighted by molar-refractivity contribution is -0.0564. The molecule has 6 nitrogen and oxygen atoms in total. The molecule has 2 atom stereocenters. The van der Waals surface area contributed by atoms with Gasteiger partial charge in [0.15, 0.2) is 0 Å². The third kappa shape index (κ3) is 4.09. The SMILES string of the molecule is Cn1ccnc1CN1CCOC[C@@]2(C[C@@H](CNc3ccccc3)CO2)C1. The first-order valence-corrected chi connectivity index (χ1v) is 9.42. The predicted octanol–water partition coefficient (Wildman–Crippen LogP) is 2.14. The van der Waals surface area contributed by atoms with Crippen LogP contribution in [0.2, 0.25) is 0 Å². The van der Waals surface area contributed by atoms with Gasteiger partial charge in [-0.2, -0.15) is 0 Å². The average Bonchev–Trinajstić information content (AvgIpc) is 3.18. The van der Waals surface area contributed by atoms with Crippen LogP contribution in [0, 0.1) is 5.92 Å². The monoisotopic (exact) mass is 356 g/mol. The lowest BCUT2D eigenvalue weighted by Gasteiger charge is -2.31. The normalized spacial score (nSPS) is 26.9. The van der Waals surface area contributed by atoms with E-state index in [2.05, 4.69) is 44.0 Å². The number of anilines is 1. The summed E-state index contributed by atoms with van der Waals surface area (Å²) in [5.74, 6) is 1.59. The Labute approximate surface area is 155 Å². The van der Waals surface area contributed by atoms with Crippen LogP contribution in [0.5, 0.6) is 0 Å². The lowest BCUT2D eigenvalue weighted by Crippen LogP contribution is -2.44. The fourth-order valence-corrected chi connectivity index (χ4v) is 3.97. The highest BCUT2D eigenvalue weighted by atomic mass is 16.5. The standard InChI is InChI=1S/C20H28N4O2/c1-23-8-7-21-19(23)13-24-9-10-25-16-20(15-24)11-17(14-26-20)12-22-18-5-3-2-4-6-18/h2-8,17,22H,9-16H2,1H3/t17-,20+/m0/s1. The number of hydrogen-bond donors (Lipinski definition) is 1. The van der Waals surface area contributed by atoms with Crippen molar-refractivity contribution in [2.24, 2.45) is 13.0 Å². The van der Waals surface area contributed by atoms with Gasteiger partial charge in [0.25, 0.3) is 0 Å². The smallest absolute Gasteiger partial charge is 0.122 e. The van der Waals surface area contributed by atoms with Gasteiger partial charge < -0.3 is 19.4 Å². The number of hydrogen-bond acceptors (Lipinski definition) is 5. The highest BCUT2D eigenvalue weighted by Gasteiger charge is 2.43. The Balaban J connectivity index is 1.35. The predicted molar refractivity (Wildman–Crippen MR) is 101 cm³/mol. The van der Waals surface area contributed by atoms with Crippen LogP contribution in [0.25, 0.3) is 0 Å². The molecule has 2 fully saturated rings. The maximum atomic E-state index is 6.31. The van der Waals surface area contributed by atoms with Crippen LogP contribution in [0.4, 0.5) is 5.69 Å². The van der Waals surface area contributed by atoms with E-state index in [1.807, 2.05) is 25.5 Å². The summed E-state index contributed by atoms with van der Waals surface area (Å²) in [6.45, 7) is 5.83. The van der Waals surface area contributed by atoms with E-state index >= 15 is 0 Å². The van der Waals surface area contributed by atoms with E-state index in [1.54, 1.807) is 0 Å². The second-order valence-electron chi connectivity index (χ2n) is 7.53. The molecule has 2 aliphatic rings. The van der Waals surface area contributed by atoms with Gasteiger partial charge in [-0.05, 0) is 18.6 Å². The van der Waals surface area contributed by atoms with Crippen molar-refractivity contribution in [3.05, 3.63) is 48.5 Å². The van der Waals surface area contributed by atoms with Crippen LogP contribution in [0.3, 0.4) is 0 Å². The number of imidazole rings is 1. The molecule has 0 unspecified atom stereocenters. The van der Waals surface area contributed by atoms with E-state index in [9.17, 15) is 0 Å². The third-order valence-corrected chi connectivity index (χ3v) is 5.37. The summed E-state index contributed by atoms with van der Waals surface area (Å²) in [6, 6.07) is 10.4. The van der Waals surface area contributed by atoms with Crippen LogP contribution in [-0.2, 0) is 23.1 Å².